The second-order valence-electron chi connectivity index (χ2n) is 8.75. The van der Waals surface area contributed by atoms with Gasteiger partial charge in [-0.05, 0) is 53.1 Å². The van der Waals surface area contributed by atoms with Crippen molar-refractivity contribution in [2.75, 3.05) is 0 Å². The normalized spacial score (nSPS) is 25.4. The van der Waals surface area contributed by atoms with Crippen molar-refractivity contribution >= 4 is 11.8 Å². The highest BCUT2D eigenvalue weighted by Crippen LogP contribution is 2.40. The SMILES string of the molecule is O=C1NNC(c2ccc(CC(=O)N3Cc4ccc(F)cc4C3)cc2)C2CCCCC12. The number of hydrogen-bond donors (Lipinski definition) is 2. The number of nitrogens with zero attached hydrogens (tertiary/aromatic N) is 1. The highest BCUT2D eigenvalue weighted by Gasteiger charge is 2.40. The monoisotopic (exact) mass is 407 g/mol. The first-order valence-electron chi connectivity index (χ1n) is 10.8. The molecule has 0 radical (unpaired) electrons. The van der Waals surface area contributed by atoms with Crippen molar-refractivity contribution < 1.29 is 14.0 Å². The molecule has 3 aliphatic rings. The van der Waals surface area contributed by atoms with Crippen LogP contribution in [0.1, 0.15) is 54.0 Å². The van der Waals surface area contributed by atoms with Crippen molar-refractivity contribution in [2.45, 2.75) is 51.2 Å². The smallest absolute Gasteiger partial charge is 0.237 e. The van der Waals surface area contributed by atoms with Gasteiger partial charge in [0.05, 0.1) is 12.5 Å². The fourth-order valence-electron chi connectivity index (χ4n) is 5.23. The van der Waals surface area contributed by atoms with Crippen molar-refractivity contribution in [2.24, 2.45) is 11.8 Å². The van der Waals surface area contributed by atoms with E-state index < -0.39 is 0 Å². The van der Waals surface area contributed by atoms with Gasteiger partial charge in [0.25, 0.3) is 0 Å². The van der Waals surface area contributed by atoms with Gasteiger partial charge in [0.1, 0.15) is 5.82 Å². The van der Waals surface area contributed by atoms with Crippen molar-refractivity contribution in [1.82, 2.24) is 15.8 Å². The van der Waals surface area contributed by atoms with E-state index in [-0.39, 0.29) is 29.6 Å². The summed E-state index contributed by atoms with van der Waals surface area (Å²) in [7, 11) is 0. The summed E-state index contributed by atoms with van der Waals surface area (Å²) in [4.78, 5) is 26.7. The number of nitrogens with one attached hydrogen (secondary N) is 2. The molecule has 0 bridgehead atoms. The zero-order valence-corrected chi connectivity index (χ0v) is 16.9. The molecule has 1 saturated heterocycles. The molecule has 2 aromatic rings. The molecule has 3 unspecified atom stereocenters. The van der Waals surface area contributed by atoms with Crippen LogP contribution in [0.4, 0.5) is 4.39 Å². The fraction of sp³-hybridized carbons (Fsp3) is 0.417. The number of benzene rings is 2. The van der Waals surface area contributed by atoms with E-state index in [1.165, 1.54) is 18.6 Å². The molecule has 3 atom stereocenters. The topological polar surface area (TPSA) is 61.4 Å². The van der Waals surface area contributed by atoms with Crippen molar-refractivity contribution in [3.8, 4) is 0 Å². The number of hydrogen-bond acceptors (Lipinski definition) is 3. The Morgan fingerprint density at radius 2 is 1.80 bits per heavy atom. The zero-order valence-electron chi connectivity index (χ0n) is 16.9. The van der Waals surface area contributed by atoms with E-state index in [0.717, 1.165) is 41.5 Å². The lowest BCUT2D eigenvalue weighted by Crippen LogP contribution is -2.55. The molecule has 0 spiro atoms. The van der Waals surface area contributed by atoms with Gasteiger partial charge >= 0.3 is 0 Å². The molecule has 2 amide bonds. The quantitative estimate of drug-likeness (QED) is 0.820. The average Bonchev–Trinajstić information content (AvgIpc) is 3.18. The number of fused-ring (bicyclic) bond motifs is 2. The van der Waals surface area contributed by atoms with Gasteiger partial charge in [0.15, 0.2) is 0 Å². The van der Waals surface area contributed by atoms with E-state index in [4.69, 9.17) is 0 Å². The van der Waals surface area contributed by atoms with Crippen molar-refractivity contribution in [1.29, 1.82) is 0 Å². The Morgan fingerprint density at radius 3 is 2.63 bits per heavy atom. The predicted molar refractivity (Wildman–Crippen MR) is 110 cm³/mol. The first kappa shape index (κ1) is 19.2. The number of carbonyl (C=O) groups excluding carboxylic acids is 2. The van der Waals surface area contributed by atoms with Crippen LogP contribution in [-0.4, -0.2) is 16.7 Å². The summed E-state index contributed by atoms with van der Waals surface area (Å²) in [5.74, 6) is 0.321. The minimum absolute atomic E-state index is 0.0507. The van der Waals surface area contributed by atoms with Gasteiger partial charge < -0.3 is 4.90 Å². The number of rotatable bonds is 3. The van der Waals surface area contributed by atoms with E-state index in [9.17, 15) is 14.0 Å². The van der Waals surface area contributed by atoms with E-state index >= 15 is 0 Å². The molecule has 30 heavy (non-hydrogen) atoms. The van der Waals surface area contributed by atoms with Gasteiger partial charge in [0.2, 0.25) is 11.8 Å². The number of halogens is 1. The largest absolute Gasteiger partial charge is 0.334 e. The van der Waals surface area contributed by atoms with Gasteiger partial charge in [0, 0.05) is 19.0 Å². The second-order valence-corrected chi connectivity index (χ2v) is 8.75. The van der Waals surface area contributed by atoms with Crippen LogP contribution in [0.25, 0.3) is 0 Å². The first-order valence-corrected chi connectivity index (χ1v) is 10.8. The van der Waals surface area contributed by atoms with Gasteiger partial charge in [-0.25, -0.2) is 9.82 Å². The van der Waals surface area contributed by atoms with Gasteiger partial charge in [-0.2, -0.15) is 0 Å². The lowest BCUT2D eigenvalue weighted by molar-refractivity contribution is -0.133. The van der Waals surface area contributed by atoms with Crippen LogP contribution < -0.4 is 10.9 Å². The highest BCUT2D eigenvalue weighted by molar-refractivity contribution is 5.80. The summed E-state index contributed by atoms with van der Waals surface area (Å²) >= 11 is 0. The maximum absolute atomic E-state index is 13.4. The first-order chi connectivity index (χ1) is 14.6. The molecular formula is C24H26FN3O2. The Kier molecular flexibility index (Phi) is 5.03. The van der Waals surface area contributed by atoms with Crippen LogP contribution >= 0.6 is 0 Å². The molecule has 156 valence electrons. The predicted octanol–water partition coefficient (Wildman–Crippen LogP) is 3.39. The molecule has 2 aliphatic heterocycles. The number of amides is 2. The fourth-order valence-corrected chi connectivity index (χ4v) is 5.23. The van der Waals surface area contributed by atoms with Crippen LogP contribution in [0.15, 0.2) is 42.5 Å². The third kappa shape index (κ3) is 3.60. The molecule has 0 aromatic heterocycles. The second kappa shape index (κ2) is 7.84. The van der Waals surface area contributed by atoms with E-state index in [1.54, 1.807) is 11.0 Å². The molecule has 6 heteroatoms. The lowest BCUT2D eigenvalue weighted by Gasteiger charge is -2.41. The highest BCUT2D eigenvalue weighted by atomic mass is 19.1. The molecule has 2 heterocycles. The summed E-state index contributed by atoms with van der Waals surface area (Å²) in [6.07, 6.45) is 4.64. The molecule has 2 aromatic carbocycles. The molecule has 2 N–H and O–H groups in total. The maximum atomic E-state index is 13.4. The van der Waals surface area contributed by atoms with Crippen LogP contribution in [0.5, 0.6) is 0 Å². The van der Waals surface area contributed by atoms with Crippen LogP contribution in [-0.2, 0) is 29.1 Å². The zero-order chi connectivity index (χ0) is 20.7. The van der Waals surface area contributed by atoms with Crippen LogP contribution in [0, 0.1) is 17.7 Å². The Balaban J connectivity index is 1.24. The van der Waals surface area contributed by atoms with E-state index in [2.05, 4.69) is 23.0 Å². The Hall–Kier alpha value is -2.73. The number of carbonyl (C=O) groups is 2. The summed E-state index contributed by atoms with van der Waals surface area (Å²) in [6, 6.07) is 13.0. The summed E-state index contributed by atoms with van der Waals surface area (Å²) in [5.41, 5.74) is 10.1. The Labute approximate surface area is 175 Å². The van der Waals surface area contributed by atoms with Gasteiger partial charge in [-0.15, -0.1) is 0 Å². The Morgan fingerprint density at radius 1 is 1.03 bits per heavy atom. The summed E-state index contributed by atoms with van der Waals surface area (Å²) in [6.45, 7) is 1.01. The molecule has 1 saturated carbocycles. The maximum Gasteiger partial charge on any atom is 0.237 e. The van der Waals surface area contributed by atoms with Crippen LogP contribution in [0.3, 0.4) is 0 Å². The molecule has 5 rings (SSSR count). The van der Waals surface area contributed by atoms with E-state index in [1.807, 2.05) is 12.1 Å². The number of hydrazine groups is 1. The third-order valence-electron chi connectivity index (χ3n) is 6.87. The Bertz CT molecular complexity index is 975. The standard InChI is InChI=1S/C24H26FN3O2/c25-19-10-9-17-13-28(14-18(17)12-19)22(29)11-15-5-7-16(8-6-15)23-20-3-1-2-4-21(20)24(30)27-26-23/h5-10,12,20-21,23,26H,1-4,11,13-14H2,(H,27,30). The molecular weight excluding hydrogens is 381 g/mol. The summed E-state index contributed by atoms with van der Waals surface area (Å²) < 4.78 is 13.4. The average molecular weight is 407 g/mol. The molecule has 2 fully saturated rings. The van der Waals surface area contributed by atoms with E-state index in [0.29, 0.717) is 25.4 Å². The summed E-state index contributed by atoms with van der Waals surface area (Å²) in [5, 5.41) is 0. The van der Waals surface area contributed by atoms with Gasteiger partial charge in [-0.1, -0.05) is 43.2 Å². The molecule has 5 nitrogen and oxygen atoms in total. The van der Waals surface area contributed by atoms with Crippen molar-refractivity contribution in [3.05, 3.63) is 70.5 Å². The molecule has 1 aliphatic carbocycles. The third-order valence-corrected chi connectivity index (χ3v) is 6.87. The van der Waals surface area contributed by atoms with Gasteiger partial charge in [-0.3, -0.25) is 15.0 Å². The minimum Gasteiger partial charge on any atom is -0.334 e. The van der Waals surface area contributed by atoms with Crippen molar-refractivity contribution in [3.63, 3.8) is 0 Å². The minimum atomic E-state index is -0.258. The van der Waals surface area contributed by atoms with Crippen LogP contribution in [0.2, 0.25) is 0 Å². The lowest BCUT2D eigenvalue weighted by atomic mass is 9.72.